The van der Waals surface area contributed by atoms with Gasteiger partial charge < -0.3 is 29.2 Å². The Hall–Kier alpha value is -4.27. The van der Waals surface area contributed by atoms with Crippen LogP contribution < -0.4 is 9.47 Å². The number of phenols is 1. The molecule has 2 heterocycles. The predicted molar refractivity (Wildman–Crippen MR) is 142 cm³/mol. The number of ketones is 1. The largest absolute Gasteiger partial charge is 0.507 e. The first-order valence-corrected chi connectivity index (χ1v) is 12.9. The highest BCUT2D eigenvalue weighted by Gasteiger charge is 2.46. The SMILES string of the molecule is CCCCOc1cccc(C(O)=C2C(=O)C(=O)N(CCCn3ccnc3)C2c2ccc(O)c(OCC)c2)c1. The van der Waals surface area contributed by atoms with Crippen molar-refractivity contribution in [2.24, 2.45) is 0 Å². The van der Waals surface area contributed by atoms with Gasteiger partial charge in [0.15, 0.2) is 11.5 Å². The number of rotatable bonds is 12. The second-order valence-electron chi connectivity index (χ2n) is 9.04. The van der Waals surface area contributed by atoms with Gasteiger partial charge in [0.2, 0.25) is 0 Å². The number of aliphatic hydroxyl groups is 1. The molecule has 38 heavy (non-hydrogen) atoms. The monoisotopic (exact) mass is 519 g/mol. The number of aliphatic hydroxyl groups excluding tert-OH is 1. The number of nitrogens with zero attached hydrogens (tertiary/aromatic N) is 3. The highest BCUT2D eigenvalue weighted by molar-refractivity contribution is 6.46. The quantitative estimate of drug-likeness (QED) is 0.155. The number of aryl methyl sites for hydroxylation is 1. The number of amides is 1. The van der Waals surface area contributed by atoms with Gasteiger partial charge in [0.1, 0.15) is 11.5 Å². The van der Waals surface area contributed by atoms with E-state index < -0.39 is 17.7 Å². The normalized spacial score (nSPS) is 16.7. The van der Waals surface area contributed by atoms with Crippen molar-refractivity contribution in [1.82, 2.24) is 14.5 Å². The summed E-state index contributed by atoms with van der Waals surface area (Å²) < 4.78 is 13.2. The lowest BCUT2D eigenvalue weighted by atomic mass is 9.95. The Morgan fingerprint density at radius 2 is 1.89 bits per heavy atom. The summed E-state index contributed by atoms with van der Waals surface area (Å²) in [4.78, 5) is 32.1. The predicted octanol–water partition coefficient (Wildman–Crippen LogP) is 4.68. The summed E-state index contributed by atoms with van der Waals surface area (Å²) >= 11 is 0. The van der Waals surface area contributed by atoms with Crippen molar-refractivity contribution >= 4 is 17.4 Å². The van der Waals surface area contributed by atoms with Crippen molar-refractivity contribution in [1.29, 1.82) is 0 Å². The minimum atomic E-state index is -0.859. The molecule has 2 N–H and O–H groups in total. The Labute approximate surface area is 221 Å². The summed E-state index contributed by atoms with van der Waals surface area (Å²) in [6.07, 6.45) is 7.64. The fraction of sp³-hybridized carbons (Fsp3) is 0.345. The number of phenolic OH excluding ortho intramolecular Hbond substituents is 1. The lowest BCUT2D eigenvalue weighted by molar-refractivity contribution is -0.139. The van der Waals surface area contributed by atoms with E-state index in [9.17, 15) is 19.8 Å². The van der Waals surface area contributed by atoms with Gasteiger partial charge in [-0.25, -0.2) is 4.98 Å². The smallest absolute Gasteiger partial charge is 0.295 e. The molecule has 0 radical (unpaired) electrons. The molecule has 1 unspecified atom stereocenters. The number of Topliss-reactive ketones (excluding diaryl/α,β-unsaturated/α-hetero) is 1. The van der Waals surface area contributed by atoms with Gasteiger partial charge in [-0.3, -0.25) is 9.59 Å². The van der Waals surface area contributed by atoms with Crippen molar-refractivity contribution in [3.8, 4) is 17.2 Å². The molecule has 1 aromatic heterocycles. The fourth-order valence-corrected chi connectivity index (χ4v) is 4.49. The second-order valence-corrected chi connectivity index (χ2v) is 9.04. The lowest BCUT2D eigenvalue weighted by Crippen LogP contribution is -2.31. The molecular weight excluding hydrogens is 486 g/mol. The third-order valence-corrected chi connectivity index (χ3v) is 6.39. The summed E-state index contributed by atoms with van der Waals surface area (Å²) in [5, 5.41) is 21.6. The molecular formula is C29H33N3O6. The van der Waals surface area contributed by atoms with Crippen molar-refractivity contribution < 1.29 is 29.3 Å². The van der Waals surface area contributed by atoms with Gasteiger partial charge >= 0.3 is 0 Å². The fourth-order valence-electron chi connectivity index (χ4n) is 4.49. The minimum absolute atomic E-state index is 0.0172. The van der Waals surface area contributed by atoms with E-state index in [-0.39, 0.29) is 29.4 Å². The number of imidazole rings is 1. The number of benzene rings is 2. The molecule has 1 atom stereocenters. The number of likely N-dealkylation sites (tertiary alicyclic amines) is 1. The molecule has 1 saturated heterocycles. The molecule has 3 aromatic rings. The van der Waals surface area contributed by atoms with E-state index in [2.05, 4.69) is 11.9 Å². The summed E-state index contributed by atoms with van der Waals surface area (Å²) in [6.45, 7) is 5.61. The van der Waals surface area contributed by atoms with Crippen LogP contribution in [0.15, 0.2) is 66.8 Å². The third kappa shape index (κ3) is 5.82. The number of aromatic hydroxyl groups is 1. The molecule has 1 aliphatic rings. The molecule has 9 heteroatoms. The van der Waals surface area contributed by atoms with Gasteiger partial charge in [0, 0.05) is 31.0 Å². The maximum absolute atomic E-state index is 13.3. The number of aromatic nitrogens is 2. The maximum Gasteiger partial charge on any atom is 0.295 e. The van der Waals surface area contributed by atoms with Gasteiger partial charge in [-0.05, 0) is 49.6 Å². The van der Waals surface area contributed by atoms with E-state index in [0.29, 0.717) is 43.1 Å². The highest BCUT2D eigenvalue weighted by atomic mass is 16.5. The van der Waals surface area contributed by atoms with Crippen molar-refractivity contribution in [3.63, 3.8) is 0 Å². The Kier molecular flexibility index (Phi) is 8.68. The Morgan fingerprint density at radius 3 is 2.63 bits per heavy atom. The Bertz CT molecular complexity index is 1300. The van der Waals surface area contributed by atoms with Crippen LogP contribution in [0.25, 0.3) is 5.76 Å². The van der Waals surface area contributed by atoms with E-state index in [1.165, 1.54) is 11.0 Å². The van der Waals surface area contributed by atoms with E-state index >= 15 is 0 Å². The van der Waals surface area contributed by atoms with E-state index in [1.54, 1.807) is 55.8 Å². The molecule has 1 aliphatic heterocycles. The van der Waals surface area contributed by atoms with Crippen molar-refractivity contribution in [3.05, 3.63) is 77.9 Å². The minimum Gasteiger partial charge on any atom is -0.507 e. The molecule has 0 saturated carbocycles. The van der Waals surface area contributed by atoms with Crippen LogP contribution in [0.2, 0.25) is 0 Å². The average molecular weight is 520 g/mol. The van der Waals surface area contributed by atoms with Crippen LogP contribution in [-0.2, 0) is 16.1 Å². The number of carbonyl (C=O) groups is 2. The molecule has 200 valence electrons. The summed E-state index contributed by atoms with van der Waals surface area (Å²) in [5.74, 6) is -0.985. The van der Waals surface area contributed by atoms with Crippen LogP contribution in [-0.4, -0.2) is 56.1 Å². The van der Waals surface area contributed by atoms with Gasteiger partial charge in [0.05, 0.1) is 31.2 Å². The zero-order valence-corrected chi connectivity index (χ0v) is 21.7. The maximum atomic E-state index is 13.3. The summed E-state index contributed by atoms with van der Waals surface area (Å²) in [5.41, 5.74) is 0.908. The molecule has 1 amide bonds. The first kappa shape index (κ1) is 26.8. The van der Waals surface area contributed by atoms with Crippen LogP contribution in [0.4, 0.5) is 0 Å². The molecule has 0 bridgehead atoms. The van der Waals surface area contributed by atoms with Gasteiger partial charge in [-0.1, -0.05) is 31.5 Å². The van der Waals surface area contributed by atoms with E-state index in [1.807, 2.05) is 10.8 Å². The second kappa shape index (κ2) is 12.3. The number of carbonyl (C=O) groups excluding carboxylic acids is 2. The third-order valence-electron chi connectivity index (χ3n) is 6.39. The molecule has 0 aliphatic carbocycles. The van der Waals surface area contributed by atoms with Gasteiger partial charge in [-0.2, -0.15) is 0 Å². The number of unbranched alkanes of at least 4 members (excludes halogenated alkanes) is 1. The standard InChI is InChI=1S/C29H33N3O6/c1-3-5-16-38-22-9-6-8-21(17-22)27(34)25-26(20-10-11-23(33)24(18-20)37-4-2)32(29(36)28(25)35)14-7-13-31-15-12-30-19-31/h6,8-12,15,17-19,26,33-34H,3-5,7,13-14,16H2,1-2H3. The number of ether oxygens (including phenoxy) is 2. The molecule has 9 nitrogen and oxygen atoms in total. The zero-order valence-electron chi connectivity index (χ0n) is 21.7. The Morgan fingerprint density at radius 1 is 1.05 bits per heavy atom. The number of hydrogen-bond donors (Lipinski definition) is 2. The highest BCUT2D eigenvalue weighted by Crippen LogP contribution is 2.42. The van der Waals surface area contributed by atoms with Crippen molar-refractivity contribution in [2.45, 2.75) is 45.7 Å². The molecule has 2 aromatic carbocycles. The molecule has 1 fully saturated rings. The van der Waals surface area contributed by atoms with Gasteiger partial charge in [-0.15, -0.1) is 0 Å². The topological polar surface area (TPSA) is 114 Å². The van der Waals surface area contributed by atoms with E-state index in [4.69, 9.17) is 9.47 Å². The van der Waals surface area contributed by atoms with Crippen LogP contribution in [0.5, 0.6) is 17.2 Å². The molecule has 0 spiro atoms. The first-order valence-electron chi connectivity index (χ1n) is 12.9. The average Bonchev–Trinajstić information content (AvgIpc) is 3.52. The first-order chi connectivity index (χ1) is 18.4. The zero-order chi connectivity index (χ0) is 27.1. The van der Waals surface area contributed by atoms with E-state index in [0.717, 1.165) is 12.8 Å². The number of hydrogen-bond acceptors (Lipinski definition) is 7. The van der Waals surface area contributed by atoms with Crippen molar-refractivity contribution in [2.75, 3.05) is 19.8 Å². The lowest BCUT2D eigenvalue weighted by Gasteiger charge is -2.26. The van der Waals surface area contributed by atoms with Crippen LogP contribution in [0.1, 0.15) is 50.3 Å². The summed E-state index contributed by atoms with van der Waals surface area (Å²) in [7, 11) is 0. The van der Waals surface area contributed by atoms with Crippen LogP contribution >= 0.6 is 0 Å². The summed E-state index contributed by atoms with van der Waals surface area (Å²) in [6, 6.07) is 10.7. The molecule has 4 rings (SSSR count). The van der Waals surface area contributed by atoms with Crippen LogP contribution in [0.3, 0.4) is 0 Å². The van der Waals surface area contributed by atoms with Gasteiger partial charge in [0.25, 0.3) is 11.7 Å². The Balaban J connectivity index is 1.73. The van der Waals surface area contributed by atoms with Crippen LogP contribution in [0, 0.1) is 0 Å².